The average Bonchev–Trinajstić information content (AvgIpc) is 2.35. The van der Waals surface area contributed by atoms with E-state index in [-0.39, 0.29) is 21.4 Å². The topological polar surface area (TPSA) is 50.1 Å². The minimum absolute atomic E-state index is 0.0799. The highest BCUT2D eigenvalue weighted by atomic mass is 79.9. The van der Waals surface area contributed by atoms with Gasteiger partial charge in [0.25, 0.3) is 0 Å². The van der Waals surface area contributed by atoms with Crippen LogP contribution in [0, 0.1) is 11.3 Å². The summed E-state index contributed by atoms with van der Waals surface area (Å²) < 4.78 is 41.7. The number of esters is 1. The zero-order chi connectivity index (χ0) is 14.6. The lowest BCUT2D eigenvalue weighted by Crippen LogP contribution is -2.08. The molecule has 0 aromatic heterocycles. The highest BCUT2D eigenvalue weighted by molar-refractivity contribution is 9.08. The van der Waals surface area contributed by atoms with Crippen LogP contribution in [-0.4, -0.2) is 18.6 Å². The van der Waals surface area contributed by atoms with Gasteiger partial charge < -0.3 is 4.74 Å². The predicted molar refractivity (Wildman–Crippen MR) is 67.0 cm³/mol. The Hall–Kier alpha value is -1.20. The standard InChI is InChI=1S/C11H7BrF3NO2S/c1-18-10(17)8-2-6(4-12)7(5-16)3-9(8)19-11(13,14)15/h2-3H,4H2,1H3. The number of nitrogens with zero attached hydrogens (tertiary/aromatic N) is 1. The minimum atomic E-state index is -4.55. The van der Waals surface area contributed by atoms with Crippen molar-refractivity contribution in [1.82, 2.24) is 0 Å². The molecule has 0 N–H and O–H groups in total. The molecule has 0 unspecified atom stereocenters. The third kappa shape index (κ3) is 4.14. The number of ether oxygens (including phenoxy) is 1. The fourth-order valence-electron chi connectivity index (χ4n) is 1.32. The summed E-state index contributed by atoms with van der Waals surface area (Å²) in [5, 5.41) is 9.13. The summed E-state index contributed by atoms with van der Waals surface area (Å²) in [6.07, 6.45) is 0. The number of hydrogen-bond acceptors (Lipinski definition) is 4. The van der Waals surface area contributed by atoms with E-state index < -0.39 is 23.2 Å². The molecule has 0 atom stereocenters. The minimum Gasteiger partial charge on any atom is -0.465 e. The molecule has 0 aliphatic rings. The zero-order valence-electron chi connectivity index (χ0n) is 9.55. The summed E-state index contributed by atoms with van der Waals surface area (Å²) in [4.78, 5) is 11.1. The summed E-state index contributed by atoms with van der Waals surface area (Å²) in [5.41, 5.74) is -4.25. The molecule has 8 heteroatoms. The molecule has 1 aromatic rings. The molecule has 3 nitrogen and oxygen atoms in total. The average molecular weight is 354 g/mol. The van der Waals surface area contributed by atoms with E-state index >= 15 is 0 Å². The Balaban J connectivity index is 3.41. The normalized spacial score (nSPS) is 10.9. The first-order valence-corrected chi connectivity index (χ1v) is 6.73. The van der Waals surface area contributed by atoms with Crippen molar-refractivity contribution in [3.63, 3.8) is 0 Å². The van der Waals surface area contributed by atoms with Gasteiger partial charge in [-0.25, -0.2) is 4.79 Å². The van der Waals surface area contributed by atoms with Gasteiger partial charge in [0.1, 0.15) is 0 Å². The van der Waals surface area contributed by atoms with Crippen LogP contribution in [0.25, 0.3) is 0 Å². The lowest BCUT2D eigenvalue weighted by atomic mass is 10.1. The van der Waals surface area contributed by atoms with Gasteiger partial charge in [0.2, 0.25) is 0 Å². The number of hydrogen-bond donors (Lipinski definition) is 0. The molecule has 0 aliphatic heterocycles. The Bertz CT molecular complexity index is 540. The largest absolute Gasteiger partial charge is 0.465 e. The number of halogens is 4. The Morgan fingerprint density at radius 1 is 1.53 bits per heavy atom. The first-order chi connectivity index (χ1) is 8.82. The fraction of sp³-hybridized carbons (Fsp3) is 0.273. The van der Waals surface area contributed by atoms with Crippen molar-refractivity contribution < 1.29 is 22.7 Å². The molecule has 1 aromatic carbocycles. The Labute approximate surface area is 119 Å². The van der Waals surface area contributed by atoms with Crippen molar-refractivity contribution in [3.05, 3.63) is 28.8 Å². The van der Waals surface area contributed by atoms with Crippen LogP contribution in [0.4, 0.5) is 13.2 Å². The second-order valence-electron chi connectivity index (χ2n) is 3.29. The second-order valence-corrected chi connectivity index (χ2v) is 4.96. The van der Waals surface area contributed by atoms with E-state index in [1.807, 2.05) is 0 Å². The van der Waals surface area contributed by atoms with Gasteiger partial charge >= 0.3 is 11.5 Å². The van der Waals surface area contributed by atoms with Crippen molar-refractivity contribution >= 4 is 33.7 Å². The van der Waals surface area contributed by atoms with Crippen LogP contribution in [0.3, 0.4) is 0 Å². The third-order valence-electron chi connectivity index (χ3n) is 2.10. The highest BCUT2D eigenvalue weighted by Gasteiger charge is 2.32. The molecular weight excluding hydrogens is 347 g/mol. The van der Waals surface area contributed by atoms with Crippen molar-refractivity contribution in [3.8, 4) is 6.07 Å². The molecule has 0 radical (unpaired) electrons. The van der Waals surface area contributed by atoms with E-state index in [1.54, 1.807) is 6.07 Å². The molecule has 0 aliphatic carbocycles. The fourth-order valence-corrected chi connectivity index (χ4v) is 2.46. The first-order valence-electron chi connectivity index (χ1n) is 4.79. The maximum Gasteiger partial charge on any atom is 0.446 e. The molecule has 0 bridgehead atoms. The maximum absolute atomic E-state index is 12.4. The van der Waals surface area contributed by atoms with Gasteiger partial charge in [0, 0.05) is 10.2 Å². The lowest BCUT2D eigenvalue weighted by molar-refractivity contribution is -0.0328. The van der Waals surface area contributed by atoms with Crippen molar-refractivity contribution in [1.29, 1.82) is 5.26 Å². The van der Waals surface area contributed by atoms with Crippen LogP contribution < -0.4 is 0 Å². The molecule has 0 heterocycles. The first kappa shape index (κ1) is 15.9. The number of rotatable bonds is 3. The molecule has 0 spiro atoms. The van der Waals surface area contributed by atoms with Gasteiger partial charge in [-0.2, -0.15) is 18.4 Å². The van der Waals surface area contributed by atoms with Gasteiger partial charge in [-0.15, -0.1) is 0 Å². The van der Waals surface area contributed by atoms with Crippen LogP contribution in [0.2, 0.25) is 0 Å². The smallest absolute Gasteiger partial charge is 0.446 e. The number of carbonyl (C=O) groups excluding carboxylic acids is 1. The van der Waals surface area contributed by atoms with Gasteiger partial charge in [-0.05, 0) is 29.5 Å². The van der Waals surface area contributed by atoms with Gasteiger partial charge in [0.05, 0.1) is 24.3 Å². The lowest BCUT2D eigenvalue weighted by Gasteiger charge is -2.12. The molecule has 102 valence electrons. The van der Waals surface area contributed by atoms with Crippen molar-refractivity contribution in [2.45, 2.75) is 15.7 Å². The summed E-state index contributed by atoms with van der Waals surface area (Å²) in [6, 6.07) is 4.07. The number of benzene rings is 1. The summed E-state index contributed by atoms with van der Waals surface area (Å²) >= 11 is 2.66. The number of alkyl halides is 4. The van der Waals surface area contributed by atoms with E-state index in [0.29, 0.717) is 5.56 Å². The Morgan fingerprint density at radius 2 is 2.16 bits per heavy atom. The number of nitriles is 1. The monoisotopic (exact) mass is 353 g/mol. The molecule has 0 saturated carbocycles. The van der Waals surface area contributed by atoms with E-state index in [1.165, 1.54) is 6.07 Å². The molecule has 0 fully saturated rings. The van der Waals surface area contributed by atoms with Crippen LogP contribution >= 0.6 is 27.7 Å². The quantitative estimate of drug-likeness (QED) is 0.470. The molecule has 1 rings (SSSR count). The van der Waals surface area contributed by atoms with Gasteiger partial charge in [-0.1, -0.05) is 15.9 Å². The van der Waals surface area contributed by atoms with Crippen LogP contribution in [0.1, 0.15) is 21.5 Å². The predicted octanol–water partition coefficient (Wildman–Crippen LogP) is 3.85. The molecule has 19 heavy (non-hydrogen) atoms. The van der Waals surface area contributed by atoms with Gasteiger partial charge in [0.15, 0.2) is 0 Å². The van der Waals surface area contributed by atoms with E-state index in [2.05, 4.69) is 20.7 Å². The Kier molecular flexibility index (Phi) is 5.26. The number of thioether (sulfide) groups is 1. The van der Waals surface area contributed by atoms with Gasteiger partial charge in [-0.3, -0.25) is 0 Å². The number of carbonyl (C=O) groups is 1. The van der Waals surface area contributed by atoms with E-state index in [4.69, 9.17) is 5.26 Å². The molecular formula is C11H7BrF3NO2S. The van der Waals surface area contributed by atoms with E-state index in [0.717, 1.165) is 13.2 Å². The maximum atomic E-state index is 12.4. The highest BCUT2D eigenvalue weighted by Crippen LogP contribution is 2.39. The van der Waals surface area contributed by atoms with Crippen LogP contribution in [0.5, 0.6) is 0 Å². The second kappa shape index (κ2) is 6.30. The van der Waals surface area contributed by atoms with Crippen molar-refractivity contribution in [2.75, 3.05) is 7.11 Å². The SMILES string of the molecule is COC(=O)c1cc(CBr)c(C#N)cc1SC(F)(F)F. The van der Waals surface area contributed by atoms with Crippen LogP contribution in [-0.2, 0) is 10.1 Å². The van der Waals surface area contributed by atoms with Crippen LogP contribution in [0.15, 0.2) is 17.0 Å². The molecule has 0 amide bonds. The van der Waals surface area contributed by atoms with E-state index in [9.17, 15) is 18.0 Å². The summed E-state index contributed by atoms with van der Waals surface area (Å²) in [5.74, 6) is -0.876. The van der Waals surface area contributed by atoms with Crippen molar-refractivity contribution in [2.24, 2.45) is 0 Å². The summed E-state index contributed by atoms with van der Waals surface area (Å²) in [6.45, 7) is 0. The Morgan fingerprint density at radius 3 is 2.58 bits per heavy atom. The third-order valence-corrected chi connectivity index (χ3v) is 3.49. The number of methoxy groups -OCH3 is 1. The summed E-state index contributed by atoms with van der Waals surface area (Å²) in [7, 11) is 1.08. The molecule has 0 saturated heterocycles. The zero-order valence-corrected chi connectivity index (χ0v) is 11.9.